The Kier molecular flexibility index (Phi) is 4.23. The summed E-state index contributed by atoms with van der Waals surface area (Å²) < 4.78 is 26.3. The summed E-state index contributed by atoms with van der Waals surface area (Å²) in [4.78, 5) is 8.97. The molecule has 0 fully saturated rings. The van der Waals surface area contributed by atoms with Gasteiger partial charge in [0.2, 0.25) is 0 Å². The molecule has 2 aromatic rings. The van der Waals surface area contributed by atoms with Crippen molar-refractivity contribution in [2.24, 2.45) is 4.99 Å². The van der Waals surface area contributed by atoms with Gasteiger partial charge in [-0.2, -0.15) is 0 Å². The van der Waals surface area contributed by atoms with Crippen LogP contribution < -0.4 is 4.81 Å². The standard InChI is InChI=1S/C13H12BF2N3/c1-11(18-13-9-5-6-10-17-13)19(14(15)16)12-7-3-2-4-8-12/h2-10H,1H3/b18-11+. The van der Waals surface area contributed by atoms with Crippen LogP contribution in [0.25, 0.3) is 0 Å². The Morgan fingerprint density at radius 2 is 1.79 bits per heavy atom. The molecule has 1 heterocycles. The van der Waals surface area contributed by atoms with E-state index in [4.69, 9.17) is 0 Å². The van der Waals surface area contributed by atoms with Crippen molar-refractivity contribution in [1.82, 2.24) is 4.98 Å². The van der Waals surface area contributed by atoms with Crippen molar-refractivity contribution in [3.05, 3.63) is 54.7 Å². The van der Waals surface area contributed by atoms with Gasteiger partial charge in [0.15, 0.2) is 5.82 Å². The van der Waals surface area contributed by atoms with Crippen LogP contribution in [0.4, 0.5) is 20.1 Å². The molecule has 6 heteroatoms. The minimum absolute atomic E-state index is 0.194. The quantitative estimate of drug-likeness (QED) is 0.479. The Bertz CT molecular complexity index is 546. The lowest BCUT2D eigenvalue weighted by Crippen LogP contribution is -2.37. The van der Waals surface area contributed by atoms with Gasteiger partial charge in [-0.1, -0.05) is 24.3 Å². The number of para-hydroxylation sites is 1. The average Bonchev–Trinajstić information content (AvgIpc) is 2.40. The lowest BCUT2D eigenvalue weighted by Gasteiger charge is -2.21. The SMILES string of the molecule is C/C(=N\c1ccccn1)N(B(F)F)c1ccccc1. The third-order valence-corrected chi connectivity index (χ3v) is 2.50. The zero-order valence-corrected chi connectivity index (χ0v) is 10.4. The number of anilines is 1. The lowest BCUT2D eigenvalue weighted by molar-refractivity contribution is 0.659. The maximum Gasteiger partial charge on any atom is 0.679 e. The van der Waals surface area contributed by atoms with Gasteiger partial charge in [0.05, 0.1) is 0 Å². The molecular weight excluding hydrogens is 247 g/mol. The monoisotopic (exact) mass is 259 g/mol. The molecule has 0 aliphatic rings. The molecule has 0 unspecified atom stereocenters. The molecule has 96 valence electrons. The molecule has 19 heavy (non-hydrogen) atoms. The Morgan fingerprint density at radius 1 is 1.11 bits per heavy atom. The van der Waals surface area contributed by atoms with Gasteiger partial charge in [0, 0.05) is 11.9 Å². The van der Waals surface area contributed by atoms with Gasteiger partial charge in [0.25, 0.3) is 0 Å². The molecule has 0 N–H and O–H groups in total. The Hall–Kier alpha value is -2.24. The summed E-state index contributed by atoms with van der Waals surface area (Å²) in [6, 6.07) is 13.6. The highest BCUT2D eigenvalue weighted by atomic mass is 19.2. The molecule has 0 amide bonds. The Balaban J connectivity index is 2.33. The maximum absolute atomic E-state index is 13.2. The molecule has 0 bridgehead atoms. The van der Waals surface area contributed by atoms with Gasteiger partial charge < -0.3 is 4.81 Å². The number of aromatic nitrogens is 1. The summed E-state index contributed by atoms with van der Waals surface area (Å²) in [6.07, 6.45) is 1.57. The van der Waals surface area contributed by atoms with Crippen LogP contribution in [0.15, 0.2) is 59.7 Å². The fraction of sp³-hybridized carbons (Fsp3) is 0.0769. The number of benzene rings is 1. The van der Waals surface area contributed by atoms with E-state index >= 15 is 0 Å². The topological polar surface area (TPSA) is 28.5 Å². The fourth-order valence-electron chi connectivity index (χ4n) is 1.67. The summed E-state index contributed by atoms with van der Waals surface area (Å²) in [7, 11) is -2.66. The van der Waals surface area contributed by atoms with E-state index in [1.54, 1.807) is 54.7 Å². The highest BCUT2D eigenvalue weighted by molar-refractivity contribution is 6.55. The second-order valence-corrected chi connectivity index (χ2v) is 3.83. The zero-order chi connectivity index (χ0) is 13.7. The third kappa shape index (κ3) is 3.37. The molecule has 1 aromatic carbocycles. The van der Waals surface area contributed by atoms with Crippen LogP contribution in [0.2, 0.25) is 0 Å². The van der Waals surface area contributed by atoms with E-state index in [1.807, 2.05) is 0 Å². The number of nitrogens with zero attached hydrogens (tertiary/aromatic N) is 3. The van der Waals surface area contributed by atoms with Gasteiger partial charge in [-0.15, -0.1) is 0 Å². The first kappa shape index (κ1) is 13.2. The largest absolute Gasteiger partial charge is 0.679 e. The van der Waals surface area contributed by atoms with Gasteiger partial charge in [-0.3, -0.25) is 8.63 Å². The molecule has 0 saturated carbocycles. The number of amidine groups is 1. The second kappa shape index (κ2) is 6.09. The van der Waals surface area contributed by atoms with E-state index in [9.17, 15) is 8.63 Å². The van der Waals surface area contributed by atoms with Crippen LogP contribution >= 0.6 is 0 Å². The van der Waals surface area contributed by atoms with Gasteiger partial charge >= 0.3 is 7.40 Å². The van der Waals surface area contributed by atoms with Crippen molar-refractivity contribution >= 4 is 24.7 Å². The molecule has 3 nitrogen and oxygen atoms in total. The molecule has 0 saturated heterocycles. The van der Waals surface area contributed by atoms with Crippen LogP contribution in [-0.4, -0.2) is 18.2 Å². The van der Waals surface area contributed by atoms with Gasteiger partial charge in [-0.25, -0.2) is 9.98 Å². The van der Waals surface area contributed by atoms with Crippen molar-refractivity contribution < 1.29 is 8.63 Å². The van der Waals surface area contributed by atoms with Crippen molar-refractivity contribution in [2.45, 2.75) is 6.92 Å². The van der Waals surface area contributed by atoms with Crippen molar-refractivity contribution in [2.75, 3.05) is 4.81 Å². The fourth-order valence-corrected chi connectivity index (χ4v) is 1.67. The number of aliphatic imine (C=N–C) groups is 1. The zero-order valence-electron chi connectivity index (χ0n) is 10.4. The third-order valence-electron chi connectivity index (χ3n) is 2.50. The summed E-state index contributed by atoms with van der Waals surface area (Å²) >= 11 is 0. The van der Waals surface area contributed by atoms with Crippen LogP contribution in [-0.2, 0) is 0 Å². The Morgan fingerprint density at radius 3 is 2.37 bits per heavy atom. The number of hydrogen-bond donors (Lipinski definition) is 0. The minimum Gasteiger partial charge on any atom is -0.314 e. The first-order valence-electron chi connectivity index (χ1n) is 5.77. The minimum atomic E-state index is -2.66. The highest BCUT2D eigenvalue weighted by Crippen LogP contribution is 2.18. The number of hydrogen-bond acceptors (Lipinski definition) is 2. The average molecular weight is 259 g/mol. The molecule has 0 aliphatic heterocycles. The van der Waals surface area contributed by atoms with E-state index in [0.29, 0.717) is 11.5 Å². The van der Waals surface area contributed by atoms with Crippen LogP contribution in [0.3, 0.4) is 0 Å². The van der Waals surface area contributed by atoms with Crippen LogP contribution in [0, 0.1) is 0 Å². The van der Waals surface area contributed by atoms with E-state index in [-0.39, 0.29) is 5.84 Å². The molecule has 0 spiro atoms. The first-order valence-corrected chi connectivity index (χ1v) is 5.77. The Labute approximate surface area is 110 Å². The van der Waals surface area contributed by atoms with Crippen LogP contribution in [0.1, 0.15) is 6.92 Å². The number of rotatable bonds is 3. The van der Waals surface area contributed by atoms with Crippen molar-refractivity contribution in [1.29, 1.82) is 0 Å². The molecule has 2 rings (SSSR count). The summed E-state index contributed by atoms with van der Waals surface area (Å²) in [5.41, 5.74) is 0.398. The van der Waals surface area contributed by atoms with Crippen molar-refractivity contribution in [3.8, 4) is 0 Å². The second-order valence-electron chi connectivity index (χ2n) is 3.83. The molecular formula is C13H12BF2N3. The maximum atomic E-state index is 13.2. The lowest BCUT2D eigenvalue weighted by atomic mass is 10.1. The summed E-state index contributed by atoms with van der Waals surface area (Å²) in [5, 5.41) is 0. The number of halogens is 2. The summed E-state index contributed by atoms with van der Waals surface area (Å²) in [6.45, 7) is 1.54. The first-order chi connectivity index (χ1) is 9.18. The normalized spacial score (nSPS) is 11.2. The number of pyridine rings is 1. The van der Waals surface area contributed by atoms with Crippen LogP contribution in [0.5, 0.6) is 0 Å². The van der Waals surface area contributed by atoms with E-state index in [0.717, 1.165) is 4.81 Å². The predicted octanol–water partition coefficient (Wildman–Crippen LogP) is 3.56. The predicted molar refractivity (Wildman–Crippen MR) is 73.9 cm³/mol. The van der Waals surface area contributed by atoms with E-state index in [2.05, 4.69) is 9.98 Å². The molecule has 0 radical (unpaired) electrons. The highest BCUT2D eigenvalue weighted by Gasteiger charge is 2.28. The summed E-state index contributed by atoms with van der Waals surface area (Å²) in [5.74, 6) is 0.599. The smallest absolute Gasteiger partial charge is 0.314 e. The van der Waals surface area contributed by atoms with E-state index < -0.39 is 7.40 Å². The molecule has 0 aliphatic carbocycles. The van der Waals surface area contributed by atoms with Crippen molar-refractivity contribution in [3.63, 3.8) is 0 Å². The molecule has 1 aromatic heterocycles. The van der Waals surface area contributed by atoms with E-state index in [1.165, 1.54) is 6.92 Å². The molecule has 0 atom stereocenters. The van der Waals surface area contributed by atoms with Gasteiger partial charge in [0.1, 0.15) is 5.84 Å². The van der Waals surface area contributed by atoms with Gasteiger partial charge in [-0.05, 0) is 31.2 Å².